The number of aryl methyl sites for hydroxylation is 1. The number of benzene rings is 2. The van der Waals surface area contributed by atoms with Crippen molar-refractivity contribution in [1.29, 1.82) is 0 Å². The summed E-state index contributed by atoms with van der Waals surface area (Å²) in [5.41, 5.74) is 3.39. The number of anilines is 1. The maximum Gasteiger partial charge on any atom is 0.256 e. The van der Waals surface area contributed by atoms with E-state index in [1.807, 2.05) is 26.0 Å². The van der Waals surface area contributed by atoms with Crippen molar-refractivity contribution in [2.24, 2.45) is 0 Å². The number of rotatable bonds is 7. The number of carbonyl (C=O) groups is 2. The van der Waals surface area contributed by atoms with Crippen LogP contribution in [0.15, 0.2) is 36.4 Å². The summed E-state index contributed by atoms with van der Waals surface area (Å²) in [6.45, 7) is 5.54. The van der Waals surface area contributed by atoms with Gasteiger partial charge in [-0.2, -0.15) is 0 Å². The quantitative estimate of drug-likeness (QED) is 0.730. The van der Waals surface area contributed by atoms with E-state index in [9.17, 15) is 9.59 Å². The fourth-order valence-corrected chi connectivity index (χ4v) is 3.97. The van der Waals surface area contributed by atoms with E-state index >= 15 is 0 Å². The van der Waals surface area contributed by atoms with E-state index in [4.69, 9.17) is 4.74 Å². The molecule has 1 aliphatic rings. The molecular weight excluding hydrogens is 378 g/mol. The van der Waals surface area contributed by atoms with Crippen LogP contribution in [0.25, 0.3) is 0 Å². The molecule has 1 unspecified atom stereocenters. The van der Waals surface area contributed by atoms with Crippen molar-refractivity contribution in [3.8, 4) is 5.75 Å². The Kier molecular flexibility index (Phi) is 7.11. The van der Waals surface area contributed by atoms with Crippen LogP contribution in [0, 0.1) is 13.8 Å². The molecule has 2 amide bonds. The molecule has 6 heteroatoms. The molecule has 2 aromatic carbocycles. The zero-order valence-electron chi connectivity index (χ0n) is 18.2. The van der Waals surface area contributed by atoms with E-state index in [1.54, 1.807) is 31.4 Å². The lowest BCUT2D eigenvalue weighted by atomic mass is 10.1. The summed E-state index contributed by atoms with van der Waals surface area (Å²) in [6.07, 6.45) is 3.37. The van der Waals surface area contributed by atoms with Crippen LogP contribution in [0.3, 0.4) is 0 Å². The highest BCUT2D eigenvalue weighted by molar-refractivity contribution is 6.06. The molecule has 160 valence electrons. The normalized spacial score (nSPS) is 16.3. The van der Waals surface area contributed by atoms with Crippen LogP contribution in [0.4, 0.5) is 5.69 Å². The maximum absolute atomic E-state index is 12.8. The number of amides is 2. The fraction of sp³-hybridized carbons (Fsp3) is 0.417. The van der Waals surface area contributed by atoms with Crippen LogP contribution in [0.1, 0.15) is 51.1 Å². The lowest BCUT2D eigenvalue weighted by Crippen LogP contribution is -2.31. The molecule has 1 atom stereocenters. The largest absolute Gasteiger partial charge is 0.496 e. The van der Waals surface area contributed by atoms with Gasteiger partial charge in [-0.05, 0) is 76.5 Å². The predicted molar refractivity (Wildman–Crippen MR) is 119 cm³/mol. The maximum atomic E-state index is 12.8. The lowest BCUT2D eigenvalue weighted by Gasteiger charge is -2.19. The number of carbonyl (C=O) groups excluding carboxylic acids is 2. The molecule has 2 aromatic rings. The van der Waals surface area contributed by atoms with Gasteiger partial charge in [0.15, 0.2) is 0 Å². The molecule has 0 aromatic heterocycles. The molecule has 1 aliphatic heterocycles. The molecular formula is C24H31N3O3. The molecule has 0 bridgehead atoms. The molecule has 30 heavy (non-hydrogen) atoms. The van der Waals surface area contributed by atoms with Crippen molar-refractivity contribution < 1.29 is 14.3 Å². The van der Waals surface area contributed by atoms with E-state index in [0.29, 0.717) is 35.2 Å². The smallest absolute Gasteiger partial charge is 0.256 e. The highest BCUT2D eigenvalue weighted by Crippen LogP contribution is 2.23. The number of nitrogens with zero attached hydrogens (tertiary/aromatic N) is 1. The Morgan fingerprint density at radius 1 is 1.17 bits per heavy atom. The Hall–Kier alpha value is -2.86. The summed E-state index contributed by atoms with van der Waals surface area (Å²) in [4.78, 5) is 27.8. The standard InChI is InChI=1S/C24H31N3O3/c1-16-10-11-18(23(28)25-13-12-19-7-6-14-27(19)3)15-21(16)26-24(29)20-8-5-9-22(30-4)17(20)2/h5,8-11,15,19H,6-7,12-14H2,1-4H3,(H,25,28)(H,26,29). The SMILES string of the molecule is COc1cccc(C(=O)Nc2cc(C(=O)NCCC3CCCN3C)ccc2C)c1C. The van der Waals surface area contributed by atoms with Gasteiger partial charge in [0.2, 0.25) is 0 Å². The van der Waals surface area contributed by atoms with Crippen LogP contribution in [0.5, 0.6) is 5.75 Å². The van der Waals surface area contributed by atoms with Crippen LogP contribution >= 0.6 is 0 Å². The van der Waals surface area contributed by atoms with E-state index in [2.05, 4.69) is 22.6 Å². The van der Waals surface area contributed by atoms with Gasteiger partial charge >= 0.3 is 0 Å². The van der Waals surface area contributed by atoms with Gasteiger partial charge in [0.1, 0.15) is 5.75 Å². The number of hydrogen-bond acceptors (Lipinski definition) is 4. The predicted octanol–water partition coefficient (Wildman–Crippen LogP) is 3.78. The molecule has 1 saturated heterocycles. The average Bonchev–Trinajstić information content (AvgIpc) is 3.14. The summed E-state index contributed by atoms with van der Waals surface area (Å²) < 4.78 is 5.31. The Bertz CT molecular complexity index is 926. The van der Waals surface area contributed by atoms with Gasteiger partial charge in [0.05, 0.1) is 7.11 Å². The van der Waals surface area contributed by atoms with Crippen LogP contribution in [0.2, 0.25) is 0 Å². The first-order valence-corrected chi connectivity index (χ1v) is 10.4. The first-order chi connectivity index (χ1) is 14.4. The summed E-state index contributed by atoms with van der Waals surface area (Å²) >= 11 is 0. The van der Waals surface area contributed by atoms with Crippen molar-refractivity contribution in [3.63, 3.8) is 0 Å². The van der Waals surface area contributed by atoms with Crippen LogP contribution in [-0.4, -0.2) is 50.0 Å². The van der Waals surface area contributed by atoms with Gasteiger partial charge in [0, 0.05) is 35.0 Å². The second-order valence-electron chi connectivity index (χ2n) is 7.94. The average molecular weight is 410 g/mol. The minimum absolute atomic E-state index is 0.122. The molecule has 0 saturated carbocycles. The van der Waals surface area contributed by atoms with E-state index in [-0.39, 0.29) is 11.8 Å². The minimum Gasteiger partial charge on any atom is -0.496 e. The van der Waals surface area contributed by atoms with Gasteiger partial charge in [-0.15, -0.1) is 0 Å². The van der Waals surface area contributed by atoms with Crippen molar-refractivity contribution in [1.82, 2.24) is 10.2 Å². The van der Waals surface area contributed by atoms with Gasteiger partial charge in [-0.1, -0.05) is 12.1 Å². The number of nitrogens with one attached hydrogen (secondary N) is 2. The zero-order chi connectivity index (χ0) is 21.7. The monoisotopic (exact) mass is 409 g/mol. The highest BCUT2D eigenvalue weighted by atomic mass is 16.5. The van der Waals surface area contributed by atoms with E-state index < -0.39 is 0 Å². The Labute approximate surface area is 178 Å². The third-order valence-corrected chi connectivity index (χ3v) is 5.93. The Morgan fingerprint density at radius 3 is 2.67 bits per heavy atom. The van der Waals surface area contributed by atoms with Crippen LogP contribution in [-0.2, 0) is 0 Å². The summed E-state index contributed by atoms with van der Waals surface area (Å²) in [5.74, 6) is 0.320. The van der Waals surface area contributed by atoms with Crippen molar-refractivity contribution in [3.05, 3.63) is 58.7 Å². The third kappa shape index (κ3) is 5.00. The Morgan fingerprint density at radius 2 is 1.97 bits per heavy atom. The molecule has 6 nitrogen and oxygen atoms in total. The zero-order valence-corrected chi connectivity index (χ0v) is 18.2. The van der Waals surface area contributed by atoms with E-state index in [1.165, 1.54) is 12.8 Å². The summed E-state index contributed by atoms with van der Waals surface area (Å²) in [5, 5.41) is 5.95. The van der Waals surface area contributed by atoms with Gasteiger partial charge in [0.25, 0.3) is 11.8 Å². The van der Waals surface area contributed by atoms with Crippen LogP contribution < -0.4 is 15.4 Å². The Balaban J connectivity index is 1.66. The number of likely N-dealkylation sites (tertiary alicyclic amines) is 1. The number of ether oxygens (including phenoxy) is 1. The second kappa shape index (κ2) is 9.76. The molecule has 1 heterocycles. The topological polar surface area (TPSA) is 70.7 Å². The molecule has 0 aliphatic carbocycles. The second-order valence-corrected chi connectivity index (χ2v) is 7.94. The highest BCUT2D eigenvalue weighted by Gasteiger charge is 2.20. The first kappa shape index (κ1) is 21.8. The lowest BCUT2D eigenvalue weighted by molar-refractivity contribution is 0.0949. The third-order valence-electron chi connectivity index (χ3n) is 5.93. The molecule has 1 fully saturated rings. The molecule has 3 rings (SSSR count). The van der Waals surface area contributed by atoms with Gasteiger partial charge < -0.3 is 20.3 Å². The first-order valence-electron chi connectivity index (χ1n) is 10.4. The van der Waals surface area contributed by atoms with Gasteiger partial charge in [-0.3, -0.25) is 9.59 Å². The summed E-state index contributed by atoms with van der Waals surface area (Å²) in [7, 11) is 3.72. The van der Waals surface area contributed by atoms with Crippen molar-refractivity contribution in [2.45, 2.75) is 39.2 Å². The van der Waals surface area contributed by atoms with Gasteiger partial charge in [-0.25, -0.2) is 0 Å². The fourth-order valence-electron chi connectivity index (χ4n) is 3.97. The molecule has 2 N–H and O–H groups in total. The summed E-state index contributed by atoms with van der Waals surface area (Å²) in [6, 6.07) is 11.3. The molecule has 0 radical (unpaired) electrons. The number of methoxy groups -OCH3 is 1. The van der Waals surface area contributed by atoms with E-state index in [0.717, 1.165) is 24.1 Å². The van der Waals surface area contributed by atoms with Crippen molar-refractivity contribution >= 4 is 17.5 Å². The van der Waals surface area contributed by atoms with Crippen molar-refractivity contribution in [2.75, 3.05) is 32.6 Å². The molecule has 0 spiro atoms. The minimum atomic E-state index is -0.226. The number of hydrogen-bond donors (Lipinski definition) is 2.